The second-order valence-electron chi connectivity index (χ2n) is 5.27. The zero-order valence-electron chi connectivity index (χ0n) is 11.7. The maximum Gasteiger partial charge on any atom is 0.0638 e. The van der Waals surface area contributed by atoms with Crippen molar-refractivity contribution in [2.75, 3.05) is 11.9 Å². The van der Waals surface area contributed by atoms with Crippen LogP contribution in [-0.4, -0.2) is 6.54 Å². The van der Waals surface area contributed by atoms with Crippen LogP contribution in [0.1, 0.15) is 25.3 Å². The van der Waals surface area contributed by atoms with Gasteiger partial charge in [-0.25, -0.2) is 0 Å². The van der Waals surface area contributed by atoms with Crippen LogP contribution >= 0.6 is 27.5 Å². The first-order chi connectivity index (χ1) is 9.58. The highest BCUT2D eigenvalue weighted by Gasteiger charge is 2.15. The summed E-state index contributed by atoms with van der Waals surface area (Å²) in [7, 11) is 0. The molecule has 1 atom stereocenters. The minimum absolute atomic E-state index is 0.464. The van der Waals surface area contributed by atoms with Gasteiger partial charge in [0, 0.05) is 16.9 Å². The summed E-state index contributed by atoms with van der Waals surface area (Å²) < 4.78 is 1.03. The van der Waals surface area contributed by atoms with Gasteiger partial charge in [-0.1, -0.05) is 71.7 Å². The Morgan fingerprint density at radius 1 is 1.10 bits per heavy atom. The summed E-state index contributed by atoms with van der Waals surface area (Å²) in [6.45, 7) is 5.38. The van der Waals surface area contributed by atoms with Crippen LogP contribution in [-0.2, 0) is 0 Å². The molecule has 0 aliphatic rings. The number of halogens is 2. The summed E-state index contributed by atoms with van der Waals surface area (Å²) >= 11 is 9.70. The van der Waals surface area contributed by atoms with Gasteiger partial charge in [-0.05, 0) is 29.7 Å². The molecule has 0 bridgehead atoms. The minimum atomic E-state index is 0.464. The van der Waals surface area contributed by atoms with E-state index in [9.17, 15) is 0 Å². The van der Waals surface area contributed by atoms with Crippen molar-refractivity contribution in [3.63, 3.8) is 0 Å². The lowest BCUT2D eigenvalue weighted by atomic mass is 9.88. The van der Waals surface area contributed by atoms with Crippen LogP contribution in [0.15, 0.2) is 53.0 Å². The van der Waals surface area contributed by atoms with Crippen LogP contribution in [0, 0.1) is 5.92 Å². The fraction of sp³-hybridized carbons (Fsp3) is 0.294. The molecule has 0 spiro atoms. The van der Waals surface area contributed by atoms with E-state index >= 15 is 0 Å². The molecule has 0 saturated carbocycles. The predicted octanol–water partition coefficient (Wildman–Crippen LogP) is 5.95. The largest absolute Gasteiger partial charge is 0.383 e. The SMILES string of the molecule is CC(C)C(CNc1cc(Br)ccc1Cl)c1ccccc1. The van der Waals surface area contributed by atoms with Gasteiger partial charge in [0.15, 0.2) is 0 Å². The molecule has 0 aliphatic heterocycles. The quantitative estimate of drug-likeness (QED) is 0.700. The molecule has 3 heteroatoms. The molecular weight excluding hydrogens is 334 g/mol. The van der Waals surface area contributed by atoms with E-state index < -0.39 is 0 Å². The zero-order chi connectivity index (χ0) is 14.5. The molecule has 2 rings (SSSR count). The van der Waals surface area contributed by atoms with Crippen LogP contribution in [0.4, 0.5) is 5.69 Å². The van der Waals surface area contributed by atoms with E-state index in [2.05, 4.69) is 65.4 Å². The number of rotatable bonds is 5. The van der Waals surface area contributed by atoms with Crippen molar-refractivity contribution in [2.45, 2.75) is 19.8 Å². The summed E-state index contributed by atoms with van der Waals surface area (Å²) in [5.41, 5.74) is 2.34. The van der Waals surface area contributed by atoms with Gasteiger partial charge in [0.2, 0.25) is 0 Å². The maximum atomic E-state index is 6.22. The molecule has 0 aromatic heterocycles. The summed E-state index contributed by atoms with van der Waals surface area (Å²) in [6.07, 6.45) is 0. The molecule has 2 aromatic rings. The average Bonchev–Trinajstić information content (AvgIpc) is 2.43. The number of hydrogen-bond donors (Lipinski definition) is 1. The van der Waals surface area contributed by atoms with E-state index in [1.165, 1.54) is 5.56 Å². The third-order valence-electron chi connectivity index (χ3n) is 3.47. The third-order valence-corrected chi connectivity index (χ3v) is 4.30. The lowest BCUT2D eigenvalue weighted by Gasteiger charge is -2.23. The van der Waals surface area contributed by atoms with Crippen LogP contribution in [0.25, 0.3) is 0 Å². The van der Waals surface area contributed by atoms with E-state index in [0.29, 0.717) is 11.8 Å². The Balaban J connectivity index is 2.12. The predicted molar refractivity (Wildman–Crippen MR) is 91.7 cm³/mol. The van der Waals surface area contributed by atoms with Crippen molar-refractivity contribution in [2.24, 2.45) is 5.92 Å². The highest BCUT2D eigenvalue weighted by atomic mass is 79.9. The van der Waals surface area contributed by atoms with E-state index in [4.69, 9.17) is 11.6 Å². The number of benzene rings is 2. The number of nitrogens with one attached hydrogen (secondary N) is 1. The van der Waals surface area contributed by atoms with Crippen LogP contribution in [0.3, 0.4) is 0 Å². The summed E-state index contributed by atoms with van der Waals surface area (Å²) in [5.74, 6) is 1.03. The highest BCUT2D eigenvalue weighted by Crippen LogP contribution is 2.29. The Kier molecular flexibility index (Phi) is 5.50. The van der Waals surface area contributed by atoms with Gasteiger partial charge in [-0.3, -0.25) is 0 Å². The van der Waals surface area contributed by atoms with E-state index in [-0.39, 0.29) is 0 Å². The van der Waals surface area contributed by atoms with Gasteiger partial charge in [-0.2, -0.15) is 0 Å². The normalized spacial score (nSPS) is 12.4. The Hall–Kier alpha value is -0.990. The lowest BCUT2D eigenvalue weighted by molar-refractivity contribution is 0.517. The standard InChI is InChI=1S/C17H19BrClN/c1-12(2)15(13-6-4-3-5-7-13)11-20-17-10-14(18)8-9-16(17)19/h3-10,12,15,20H,11H2,1-2H3. The van der Waals surface area contributed by atoms with E-state index in [0.717, 1.165) is 21.7 Å². The highest BCUT2D eigenvalue weighted by molar-refractivity contribution is 9.10. The fourth-order valence-corrected chi connectivity index (χ4v) is 2.84. The molecule has 2 aromatic carbocycles. The average molecular weight is 353 g/mol. The molecule has 1 N–H and O–H groups in total. The number of hydrogen-bond acceptors (Lipinski definition) is 1. The van der Waals surface area contributed by atoms with Crippen LogP contribution in [0.2, 0.25) is 5.02 Å². The smallest absolute Gasteiger partial charge is 0.0638 e. The van der Waals surface area contributed by atoms with Crippen molar-refractivity contribution in [3.8, 4) is 0 Å². The van der Waals surface area contributed by atoms with Gasteiger partial charge < -0.3 is 5.32 Å². The maximum absolute atomic E-state index is 6.22. The van der Waals surface area contributed by atoms with Crippen LogP contribution in [0.5, 0.6) is 0 Å². The third kappa shape index (κ3) is 4.00. The summed E-state index contributed by atoms with van der Waals surface area (Å²) in [4.78, 5) is 0. The molecular formula is C17H19BrClN. The van der Waals surface area contributed by atoms with Crippen molar-refractivity contribution >= 4 is 33.2 Å². The van der Waals surface area contributed by atoms with Gasteiger partial charge in [-0.15, -0.1) is 0 Å². The lowest BCUT2D eigenvalue weighted by Crippen LogP contribution is -2.17. The first-order valence-corrected chi connectivity index (χ1v) is 7.99. The van der Waals surface area contributed by atoms with Gasteiger partial charge in [0.1, 0.15) is 0 Å². The first kappa shape index (κ1) is 15.4. The molecule has 20 heavy (non-hydrogen) atoms. The first-order valence-electron chi connectivity index (χ1n) is 6.82. The van der Waals surface area contributed by atoms with Crippen LogP contribution < -0.4 is 5.32 Å². The molecule has 0 aliphatic carbocycles. The molecule has 106 valence electrons. The van der Waals surface area contributed by atoms with Crippen molar-refractivity contribution in [3.05, 3.63) is 63.6 Å². The zero-order valence-corrected chi connectivity index (χ0v) is 14.1. The molecule has 1 nitrogen and oxygen atoms in total. The molecule has 0 fully saturated rings. The van der Waals surface area contributed by atoms with Gasteiger partial charge >= 0.3 is 0 Å². The second-order valence-corrected chi connectivity index (χ2v) is 6.59. The molecule has 1 unspecified atom stereocenters. The Morgan fingerprint density at radius 3 is 2.45 bits per heavy atom. The fourth-order valence-electron chi connectivity index (χ4n) is 2.29. The number of anilines is 1. The Bertz CT molecular complexity index is 554. The summed E-state index contributed by atoms with van der Waals surface area (Å²) in [6, 6.07) is 16.5. The van der Waals surface area contributed by atoms with Crippen molar-refractivity contribution in [1.82, 2.24) is 0 Å². The second kappa shape index (κ2) is 7.14. The van der Waals surface area contributed by atoms with Gasteiger partial charge in [0.05, 0.1) is 10.7 Å². The van der Waals surface area contributed by atoms with E-state index in [1.54, 1.807) is 0 Å². The van der Waals surface area contributed by atoms with Gasteiger partial charge in [0.25, 0.3) is 0 Å². The monoisotopic (exact) mass is 351 g/mol. The summed E-state index contributed by atoms with van der Waals surface area (Å²) in [5, 5.41) is 4.23. The molecule has 0 saturated heterocycles. The molecule has 0 heterocycles. The molecule has 0 amide bonds. The van der Waals surface area contributed by atoms with E-state index in [1.807, 2.05) is 18.2 Å². The molecule has 0 radical (unpaired) electrons. The minimum Gasteiger partial charge on any atom is -0.383 e. The topological polar surface area (TPSA) is 12.0 Å². The Morgan fingerprint density at radius 2 is 1.80 bits per heavy atom. The van der Waals surface area contributed by atoms with Crippen molar-refractivity contribution in [1.29, 1.82) is 0 Å². The van der Waals surface area contributed by atoms with Crippen molar-refractivity contribution < 1.29 is 0 Å². The Labute approximate surface area is 134 Å².